The Bertz CT molecular complexity index is 568. The van der Waals surface area contributed by atoms with E-state index >= 15 is 0 Å². The highest BCUT2D eigenvalue weighted by Crippen LogP contribution is 2.40. The number of benzene rings is 2. The summed E-state index contributed by atoms with van der Waals surface area (Å²) in [6.07, 6.45) is 0.807. The van der Waals surface area contributed by atoms with Gasteiger partial charge in [-0.05, 0) is 23.8 Å². The molecule has 1 aliphatic heterocycles. The highest BCUT2D eigenvalue weighted by Gasteiger charge is 2.27. The Morgan fingerprint density at radius 3 is 2.68 bits per heavy atom. The number of rotatable bonds is 2. The normalized spacial score (nSPS) is 21.4. The predicted octanol–water partition coefficient (Wildman–Crippen LogP) is 3.22. The number of fused-ring (bicyclic) bond motifs is 1. The molecule has 0 spiro atoms. The van der Waals surface area contributed by atoms with E-state index in [-0.39, 0.29) is 12.1 Å². The summed E-state index contributed by atoms with van der Waals surface area (Å²) < 4.78 is 11.3. The lowest BCUT2D eigenvalue weighted by molar-refractivity contribution is 0.161. The van der Waals surface area contributed by atoms with E-state index in [0.717, 1.165) is 23.5 Å². The molecule has 98 valence electrons. The van der Waals surface area contributed by atoms with Crippen molar-refractivity contribution in [2.45, 2.75) is 18.6 Å². The number of nitrogens with two attached hydrogens (primary N) is 1. The van der Waals surface area contributed by atoms with Crippen molar-refractivity contribution in [3.8, 4) is 11.5 Å². The van der Waals surface area contributed by atoms with Gasteiger partial charge in [0.2, 0.25) is 0 Å². The molecule has 0 saturated heterocycles. The third kappa shape index (κ3) is 2.29. The van der Waals surface area contributed by atoms with Crippen molar-refractivity contribution in [1.29, 1.82) is 0 Å². The molecule has 2 aromatic rings. The largest absolute Gasteiger partial charge is 0.497 e. The van der Waals surface area contributed by atoms with E-state index in [1.165, 1.54) is 5.56 Å². The van der Waals surface area contributed by atoms with E-state index in [2.05, 4.69) is 12.1 Å². The highest BCUT2D eigenvalue weighted by atomic mass is 16.5. The van der Waals surface area contributed by atoms with Gasteiger partial charge < -0.3 is 15.2 Å². The molecule has 3 rings (SSSR count). The van der Waals surface area contributed by atoms with E-state index in [0.29, 0.717) is 0 Å². The van der Waals surface area contributed by atoms with Crippen LogP contribution >= 0.6 is 0 Å². The minimum Gasteiger partial charge on any atom is -0.497 e. The Morgan fingerprint density at radius 1 is 1.16 bits per heavy atom. The average Bonchev–Trinajstić information content (AvgIpc) is 2.48. The van der Waals surface area contributed by atoms with Gasteiger partial charge in [-0.15, -0.1) is 0 Å². The summed E-state index contributed by atoms with van der Waals surface area (Å²) in [7, 11) is 1.66. The summed E-state index contributed by atoms with van der Waals surface area (Å²) >= 11 is 0. The van der Waals surface area contributed by atoms with Crippen LogP contribution in [0.4, 0.5) is 0 Å². The Kier molecular flexibility index (Phi) is 3.13. The molecular weight excluding hydrogens is 238 g/mol. The van der Waals surface area contributed by atoms with Gasteiger partial charge in [-0.2, -0.15) is 0 Å². The molecule has 19 heavy (non-hydrogen) atoms. The first-order chi connectivity index (χ1) is 9.28. The molecule has 0 aromatic heterocycles. The molecular formula is C16H17NO2. The first kappa shape index (κ1) is 12.1. The van der Waals surface area contributed by atoms with Crippen LogP contribution in [0.2, 0.25) is 0 Å². The smallest absolute Gasteiger partial charge is 0.126 e. The van der Waals surface area contributed by atoms with Crippen molar-refractivity contribution in [1.82, 2.24) is 0 Å². The number of ether oxygens (including phenoxy) is 2. The van der Waals surface area contributed by atoms with E-state index in [1.807, 2.05) is 36.4 Å². The molecule has 3 nitrogen and oxygen atoms in total. The monoisotopic (exact) mass is 255 g/mol. The minimum atomic E-state index is -0.0240. The van der Waals surface area contributed by atoms with Crippen LogP contribution in [-0.2, 0) is 0 Å². The lowest BCUT2D eigenvalue weighted by atomic mass is 9.93. The van der Waals surface area contributed by atoms with Crippen molar-refractivity contribution in [2.75, 3.05) is 7.11 Å². The number of methoxy groups -OCH3 is 1. The van der Waals surface area contributed by atoms with Crippen molar-refractivity contribution >= 4 is 0 Å². The molecule has 2 aromatic carbocycles. The van der Waals surface area contributed by atoms with E-state index in [4.69, 9.17) is 15.2 Å². The standard InChI is InChI=1S/C16H17NO2/c1-18-12-7-8-15-13(9-12)14(17)10-16(19-15)11-5-3-2-4-6-11/h2-9,14,16H,10,17H2,1H3/t14-,16?/m0/s1. The van der Waals surface area contributed by atoms with Crippen LogP contribution in [0.25, 0.3) is 0 Å². The second-order valence-electron chi connectivity index (χ2n) is 4.76. The molecule has 3 heteroatoms. The van der Waals surface area contributed by atoms with Crippen LogP contribution in [0.15, 0.2) is 48.5 Å². The van der Waals surface area contributed by atoms with Crippen LogP contribution < -0.4 is 15.2 Å². The summed E-state index contributed by atoms with van der Waals surface area (Å²) in [6, 6.07) is 16.0. The zero-order chi connectivity index (χ0) is 13.2. The Morgan fingerprint density at radius 2 is 1.95 bits per heavy atom. The summed E-state index contributed by atoms with van der Waals surface area (Å²) in [5.41, 5.74) is 8.45. The zero-order valence-corrected chi connectivity index (χ0v) is 10.9. The molecule has 0 bridgehead atoms. The molecule has 0 saturated carbocycles. The molecule has 1 unspecified atom stereocenters. The van der Waals surface area contributed by atoms with Crippen LogP contribution in [-0.4, -0.2) is 7.11 Å². The molecule has 2 atom stereocenters. The molecule has 2 N–H and O–H groups in total. The number of hydrogen-bond donors (Lipinski definition) is 1. The first-order valence-corrected chi connectivity index (χ1v) is 6.43. The maximum Gasteiger partial charge on any atom is 0.126 e. The van der Waals surface area contributed by atoms with Gasteiger partial charge >= 0.3 is 0 Å². The van der Waals surface area contributed by atoms with Crippen molar-refractivity contribution in [3.63, 3.8) is 0 Å². The van der Waals surface area contributed by atoms with E-state index in [9.17, 15) is 0 Å². The predicted molar refractivity (Wildman–Crippen MR) is 74.4 cm³/mol. The number of hydrogen-bond acceptors (Lipinski definition) is 3. The fourth-order valence-electron chi connectivity index (χ4n) is 2.48. The van der Waals surface area contributed by atoms with Crippen molar-refractivity contribution < 1.29 is 9.47 Å². The van der Waals surface area contributed by atoms with E-state index < -0.39 is 0 Å². The van der Waals surface area contributed by atoms with Gasteiger partial charge in [0, 0.05) is 18.0 Å². The van der Waals surface area contributed by atoms with Crippen LogP contribution in [0.5, 0.6) is 11.5 Å². The second kappa shape index (κ2) is 4.94. The zero-order valence-electron chi connectivity index (χ0n) is 10.9. The third-order valence-electron chi connectivity index (χ3n) is 3.53. The van der Waals surface area contributed by atoms with Gasteiger partial charge in [0.25, 0.3) is 0 Å². The molecule has 0 fully saturated rings. The fourth-order valence-corrected chi connectivity index (χ4v) is 2.48. The molecule has 0 radical (unpaired) electrons. The van der Waals surface area contributed by atoms with Crippen LogP contribution in [0, 0.1) is 0 Å². The third-order valence-corrected chi connectivity index (χ3v) is 3.53. The van der Waals surface area contributed by atoms with E-state index in [1.54, 1.807) is 7.11 Å². The van der Waals surface area contributed by atoms with Gasteiger partial charge in [-0.3, -0.25) is 0 Å². The topological polar surface area (TPSA) is 44.5 Å². The summed E-state index contributed by atoms with van der Waals surface area (Å²) in [6.45, 7) is 0. The molecule has 1 heterocycles. The van der Waals surface area contributed by atoms with Gasteiger partial charge in [-0.25, -0.2) is 0 Å². The maximum absolute atomic E-state index is 6.26. The summed E-state index contributed by atoms with van der Waals surface area (Å²) in [4.78, 5) is 0. The molecule has 0 amide bonds. The minimum absolute atomic E-state index is 0.0240. The second-order valence-corrected chi connectivity index (χ2v) is 4.76. The summed E-state index contributed by atoms with van der Waals surface area (Å²) in [5.74, 6) is 1.67. The van der Waals surface area contributed by atoms with Crippen molar-refractivity contribution in [2.24, 2.45) is 5.73 Å². The van der Waals surface area contributed by atoms with Crippen LogP contribution in [0.3, 0.4) is 0 Å². The lowest BCUT2D eigenvalue weighted by Gasteiger charge is -2.30. The quantitative estimate of drug-likeness (QED) is 0.896. The Balaban J connectivity index is 1.92. The average molecular weight is 255 g/mol. The van der Waals surface area contributed by atoms with Gasteiger partial charge in [0.1, 0.15) is 17.6 Å². The highest BCUT2D eigenvalue weighted by molar-refractivity contribution is 5.44. The van der Waals surface area contributed by atoms with Gasteiger partial charge in [0.15, 0.2) is 0 Å². The lowest BCUT2D eigenvalue weighted by Crippen LogP contribution is -2.24. The van der Waals surface area contributed by atoms with Crippen molar-refractivity contribution in [3.05, 3.63) is 59.7 Å². The van der Waals surface area contributed by atoms with Crippen LogP contribution in [0.1, 0.15) is 29.7 Å². The molecule has 0 aliphatic carbocycles. The molecule has 1 aliphatic rings. The van der Waals surface area contributed by atoms with Gasteiger partial charge in [-0.1, -0.05) is 30.3 Å². The maximum atomic E-state index is 6.26. The van der Waals surface area contributed by atoms with Gasteiger partial charge in [0.05, 0.1) is 7.11 Å². The summed E-state index contributed by atoms with van der Waals surface area (Å²) in [5, 5.41) is 0. The SMILES string of the molecule is COc1ccc2c(c1)[C@@H](N)CC(c1ccccc1)O2. The Hall–Kier alpha value is -2.00. The Labute approximate surface area is 113 Å². The fraction of sp³-hybridized carbons (Fsp3) is 0.250. The first-order valence-electron chi connectivity index (χ1n) is 6.43.